The van der Waals surface area contributed by atoms with Crippen LogP contribution < -0.4 is 0 Å². The lowest BCUT2D eigenvalue weighted by Crippen LogP contribution is -2.48. The van der Waals surface area contributed by atoms with E-state index in [4.69, 9.17) is 11.6 Å². The van der Waals surface area contributed by atoms with Crippen molar-refractivity contribution in [2.45, 2.75) is 47.5 Å². The Morgan fingerprint density at radius 2 is 1.77 bits per heavy atom. The second-order valence-electron chi connectivity index (χ2n) is 8.03. The average Bonchev–Trinajstić information content (AvgIpc) is 3.44. The van der Waals surface area contributed by atoms with Crippen LogP contribution in [0.1, 0.15) is 40.1 Å². The van der Waals surface area contributed by atoms with E-state index < -0.39 is 0 Å². The van der Waals surface area contributed by atoms with Crippen LogP contribution in [0, 0.1) is 20.8 Å². The summed E-state index contributed by atoms with van der Waals surface area (Å²) in [6, 6.07) is 1.77. The largest absolute Gasteiger partial charge is 0.335 e. The monoisotopic (exact) mass is 444 g/mol. The van der Waals surface area contributed by atoms with Gasteiger partial charge >= 0.3 is 0 Å². The van der Waals surface area contributed by atoms with Gasteiger partial charge in [-0.05, 0) is 33.8 Å². The molecule has 1 amide bonds. The first-order valence-electron chi connectivity index (χ1n) is 10.6. The van der Waals surface area contributed by atoms with Crippen molar-refractivity contribution < 1.29 is 4.79 Å². The maximum Gasteiger partial charge on any atom is 0.274 e. The lowest BCUT2D eigenvalue weighted by Gasteiger charge is -2.34. The van der Waals surface area contributed by atoms with E-state index >= 15 is 0 Å². The number of halogens is 1. The molecule has 3 aromatic rings. The average molecular weight is 445 g/mol. The number of rotatable bonds is 6. The Balaban J connectivity index is 1.33. The fourth-order valence-corrected chi connectivity index (χ4v) is 4.03. The molecule has 0 aromatic carbocycles. The van der Waals surface area contributed by atoms with Crippen LogP contribution in [-0.2, 0) is 19.8 Å². The number of hydrogen-bond acceptors (Lipinski definition) is 5. The van der Waals surface area contributed by atoms with Crippen LogP contribution in [0.2, 0.25) is 5.02 Å². The molecule has 9 nitrogen and oxygen atoms in total. The number of piperazine rings is 1. The molecule has 1 aliphatic heterocycles. The van der Waals surface area contributed by atoms with E-state index in [-0.39, 0.29) is 5.91 Å². The first-order chi connectivity index (χ1) is 14.9. The molecular weight excluding hydrogens is 416 g/mol. The Morgan fingerprint density at radius 3 is 2.39 bits per heavy atom. The second-order valence-corrected chi connectivity index (χ2v) is 8.41. The van der Waals surface area contributed by atoms with E-state index in [0.29, 0.717) is 30.5 Å². The van der Waals surface area contributed by atoms with Gasteiger partial charge in [-0.1, -0.05) is 11.6 Å². The molecule has 31 heavy (non-hydrogen) atoms. The van der Waals surface area contributed by atoms with Gasteiger partial charge in [-0.25, -0.2) is 4.68 Å². The predicted octanol–water partition coefficient (Wildman–Crippen LogP) is 2.34. The van der Waals surface area contributed by atoms with E-state index in [0.717, 1.165) is 43.3 Å². The Kier molecular flexibility index (Phi) is 6.15. The third-order valence-corrected chi connectivity index (χ3v) is 6.40. The molecule has 0 N–H and O–H groups in total. The zero-order chi connectivity index (χ0) is 22.1. The molecule has 0 spiro atoms. The lowest BCUT2D eigenvalue weighted by atomic mass is 10.2. The standard InChI is InChI=1S/C21H29ClN8O/c1-5-28-13-18(15(2)23-28)12-26-8-10-27(11-9-26)21(31)19-6-7-29(25-19)14-30-17(4)20(22)16(3)24-30/h6-7,13H,5,8-12,14H2,1-4H3. The summed E-state index contributed by atoms with van der Waals surface area (Å²) in [5.41, 5.74) is 4.47. The van der Waals surface area contributed by atoms with Gasteiger partial charge in [0.05, 0.1) is 22.1 Å². The van der Waals surface area contributed by atoms with Crippen molar-refractivity contribution in [2.24, 2.45) is 0 Å². The summed E-state index contributed by atoms with van der Waals surface area (Å²) in [4.78, 5) is 17.2. The maximum atomic E-state index is 12.9. The van der Waals surface area contributed by atoms with E-state index in [1.165, 1.54) is 5.56 Å². The van der Waals surface area contributed by atoms with E-state index in [9.17, 15) is 4.79 Å². The minimum Gasteiger partial charge on any atom is -0.335 e. The number of carbonyl (C=O) groups excluding carboxylic acids is 1. The fraction of sp³-hybridized carbons (Fsp3) is 0.524. The predicted molar refractivity (Wildman–Crippen MR) is 118 cm³/mol. The minimum atomic E-state index is -0.0280. The van der Waals surface area contributed by atoms with E-state index in [1.807, 2.05) is 29.6 Å². The summed E-state index contributed by atoms with van der Waals surface area (Å²) in [5, 5.41) is 14.1. The summed E-state index contributed by atoms with van der Waals surface area (Å²) in [6.07, 6.45) is 3.93. The van der Waals surface area contributed by atoms with Crippen molar-refractivity contribution in [2.75, 3.05) is 26.2 Å². The Bertz CT molecular complexity index is 1070. The topological polar surface area (TPSA) is 77.0 Å². The third kappa shape index (κ3) is 4.52. The molecule has 0 atom stereocenters. The van der Waals surface area contributed by atoms with Crippen LogP contribution in [0.3, 0.4) is 0 Å². The van der Waals surface area contributed by atoms with Crippen LogP contribution in [0.25, 0.3) is 0 Å². The van der Waals surface area contributed by atoms with Gasteiger partial charge in [-0.3, -0.25) is 19.1 Å². The second kappa shape index (κ2) is 8.84. The molecule has 0 aliphatic carbocycles. The van der Waals surface area contributed by atoms with Crippen molar-refractivity contribution in [1.82, 2.24) is 39.1 Å². The molecule has 0 radical (unpaired) electrons. The molecule has 3 aromatic heterocycles. The number of aryl methyl sites for hydroxylation is 3. The first kappa shape index (κ1) is 21.6. The van der Waals surface area contributed by atoms with Gasteiger partial charge in [0.1, 0.15) is 12.4 Å². The Labute approximate surface area is 187 Å². The normalized spacial score (nSPS) is 15.1. The van der Waals surface area contributed by atoms with Crippen molar-refractivity contribution >= 4 is 17.5 Å². The number of hydrogen-bond donors (Lipinski definition) is 0. The highest BCUT2D eigenvalue weighted by Crippen LogP contribution is 2.19. The molecule has 1 aliphatic rings. The van der Waals surface area contributed by atoms with Crippen LogP contribution in [0.15, 0.2) is 18.5 Å². The van der Waals surface area contributed by atoms with Crippen molar-refractivity contribution in [3.05, 3.63) is 51.8 Å². The van der Waals surface area contributed by atoms with Gasteiger partial charge in [-0.2, -0.15) is 15.3 Å². The van der Waals surface area contributed by atoms with E-state index in [2.05, 4.69) is 40.2 Å². The zero-order valence-corrected chi connectivity index (χ0v) is 19.3. The summed E-state index contributed by atoms with van der Waals surface area (Å²) in [6.45, 7) is 13.2. The fourth-order valence-electron chi connectivity index (χ4n) is 3.89. The highest BCUT2D eigenvalue weighted by molar-refractivity contribution is 6.31. The molecule has 4 heterocycles. The van der Waals surface area contributed by atoms with Crippen molar-refractivity contribution in [3.63, 3.8) is 0 Å². The molecule has 1 fully saturated rings. The summed E-state index contributed by atoms with van der Waals surface area (Å²) < 4.78 is 5.48. The van der Waals surface area contributed by atoms with Gasteiger partial charge < -0.3 is 4.90 Å². The Hall–Kier alpha value is -2.65. The lowest BCUT2D eigenvalue weighted by molar-refractivity contribution is 0.0621. The molecule has 0 unspecified atom stereocenters. The minimum absolute atomic E-state index is 0.0280. The molecule has 1 saturated heterocycles. The number of carbonyl (C=O) groups is 1. The molecule has 0 saturated carbocycles. The first-order valence-corrected chi connectivity index (χ1v) is 11.0. The summed E-state index contributed by atoms with van der Waals surface area (Å²) in [5.74, 6) is -0.0280. The highest BCUT2D eigenvalue weighted by Gasteiger charge is 2.24. The van der Waals surface area contributed by atoms with Gasteiger partial charge in [0, 0.05) is 57.2 Å². The molecule has 0 bridgehead atoms. The van der Waals surface area contributed by atoms with Gasteiger partial charge in [0.2, 0.25) is 0 Å². The molecule has 10 heteroatoms. The van der Waals surface area contributed by atoms with Crippen LogP contribution in [0.4, 0.5) is 0 Å². The van der Waals surface area contributed by atoms with E-state index in [1.54, 1.807) is 15.4 Å². The van der Waals surface area contributed by atoms with Gasteiger partial charge in [0.25, 0.3) is 5.91 Å². The quantitative estimate of drug-likeness (QED) is 0.583. The van der Waals surface area contributed by atoms with Crippen LogP contribution in [0.5, 0.6) is 0 Å². The van der Waals surface area contributed by atoms with Crippen molar-refractivity contribution in [3.8, 4) is 0 Å². The van der Waals surface area contributed by atoms with Crippen LogP contribution >= 0.6 is 11.6 Å². The SMILES string of the molecule is CCn1cc(CN2CCN(C(=O)c3ccn(Cn4nc(C)c(Cl)c4C)n3)CC2)c(C)n1. The summed E-state index contributed by atoms with van der Waals surface area (Å²) >= 11 is 6.22. The number of nitrogens with zero attached hydrogens (tertiary/aromatic N) is 8. The Morgan fingerprint density at radius 1 is 1.03 bits per heavy atom. The maximum absolute atomic E-state index is 12.9. The summed E-state index contributed by atoms with van der Waals surface area (Å²) in [7, 11) is 0. The molecule has 4 rings (SSSR count). The number of amides is 1. The van der Waals surface area contributed by atoms with Crippen molar-refractivity contribution in [1.29, 1.82) is 0 Å². The molecular formula is C21H29ClN8O. The van der Waals surface area contributed by atoms with Gasteiger partial charge in [0.15, 0.2) is 0 Å². The van der Waals surface area contributed by atoms with Gasteiger partial charge in [-0.15, -0.1) is 0 Å². The number of aromatic nitrogens is 6. The van der Waals surface area contributed by atoms with Crippen LogP contribution in [-0.4, -0.2) is 71.2 Å². The zero-order valence-electron chi connectivity index (χ0n) is 18.5. The molecule has 166 valence electrons. The highest BCUT2D eigenvalue weighted by atomic mass is 35.5. The smallest absolute Gasteiger partial charge is 0.274 e. The third-order valence-electron chi connectivity index (χ3n) is 5.86.